The molecule has 1 aromatic carbocycles. The molecule has 2 N–H and O–H groups in total. The van der Waals surface area contributed by atoms with Gasteiger partial charge in [0.05, 0.1) is 12.8 Å². The summed E-state index contributed by atoms with van der Waals surface area (Å²) in [6.07, 6.45) is 0.852. The number of aromatic nitrogens is 3. The Morgan fingerprint density at radius 1 is 1.19 bits per heavy atom. The number of amides is 2. The summed E-state index contributed by atoms with van der Waals surface area (Å²) in [5.74, 6) is -0.0118. The van der Waals surface area contributed by atoms with Crippen LogP contribution in [-0.4, -0.2) is 46.7 Å². The minimum Gasteiger partial charge on any atom is -0.450 e. The Kier molecular flexibility index (Phi) is 7.16. The molecular weight excluding hydrogens is 348 g/mol. The van der Waals surface area contributed by atoms with Crippen LogP contribution in [0.25, 0.3) is 0 Å². The van der Waals surface area contributed by atoms with Crippen LogP contribution in [0.2, 0.25) is 0 Å². The van der Waals surface area contributed by atoms with Gasteiger partial charge in [0, 0.05) is 24.5 Å². The van der Waals surface area contributed by atoms with E-state index in [1.54, 1.807) is 6.92 Å². The van der Waals surface area contributed by atoms with Crippen LogP contribution < -0.4 is 15.5 Å². The monoisotopic (exact) mass is 374 g/mol. The lowest BCUT2D eigenvalue weighted by Crippen LogP contribution is -2.22. The number of rotatable bonds is 8. The van der Waals surface area contributed by atoms with Crippen LogP contribution in [0.4, 0.5) is 22.0 Å². The van der Waals surface area contributed by atoms with Gasteiger partial charge >= 0.3 is 6.09 Å². The minimum atomic E-state index is -0.613. The molecule has 0 aliphatic rings. The average molecular weight is 374 g/mol. The van der Waals surface area contributed by atoms with Gasteiger partial charge in [0.25, 0.3) is 0 Å². The van der Waals surface area contributed by atoms with Crippen molar-refractivity contribution in [1.29, 1.82) is 0 Å². The van der Waals surface area contributed by atoms with Crippen molar-refractivity contribution in [2.24, 2.45) is 0 Å². The van der Waals surface area contributed by atoms with Crippen molar-refractivity contribution in [3.8, 4) is 0 Å². The second-order valence-corrected chi connectivity index (χ2v) is 5.87. The van der Waals surface area contributed by atoms with E-state index in [0.717, 1.165) is 30.0 Å². The van der Waals surface area contributed by atoms with Gasteiger partial charge in [-0.15, -0.1) is 5.10 Å². The van der Waals surface area contributed by atoms with Crippen LogP contribution in [0.3, 0.4) is 0 Å². The summed E-state index contributed by atoms with van der Waals surface area (Å²) in [6, 6.07) is 5.95. The molecule has 1 heterocycles. The third-order valence-electron chi connectivity index (χ3n) is 3.96. The Labute approximate surface area is 158 Å². The Morgan fingerprint density at radius 3 is 2.56 bits per heavy atom. The fourth-order valence-electron chi connectivity index (χ4n) is 2.62. The Hall–Kier alpha value is -3.10. The lowest BCUT2D eigenvalue weighted by molar-refractivity contribution is -0.116. The lowest BCUT2D eigenvalue weighted by atomic mass is 10.1. The molecule has 0 aliphatic heterocycles. The van der Waals surface area contributed by atoms with Crippen molar-refractivity contribution >= 4 is 29.2 Å². The molecule has 27 heavy (non-hydrogen) atoms. The third-order valence-corrected chi connectivity index (χ3v) is 3.96. The van der Waals surface area contributed by atoms with E-state index >= 15 is 0 Å². The predicted octanol–water partition coefficient (Wildman–Crippen LogP) is 2.64. The van der Waals surface area contributed by atoms with Gasteiger partial charge in [-0.3, -0.25) is 10.1 Å². The van der Waals surface area contributed by atoms with Gasteiger partial charge in [-0.1, -0.05) is 5.21 Å². The first-order valence-corrected chi connectivity index (χ1v) is 8.96. The van der Waals surface area contributed by atoms with Gasteiger partial charge in [-0.2, -0.15) is 0 Å². The summed E-state index contributed by atoms with van der Waals surface area (Å²) >= 11 is 0. The molecule has 0 aliphatic carbocycles. The molecule has 0 unspecified atom stereocenters. The Bertz CT molecular complexity index is 785. The SMILES string of the molecule is CCOC(=O)Nc1cn(CC(=O)Nc2ccc(N(CC)CC)cc2C)nn1. The van der Waals surface area contributed by atoms with E-state index in [1.807, 2.05) is 19.1 Å². The fraction of sp³-hybridized carbons (Fsp3) is 0.444. The molecule has 146 valence electrons. The van der Waals surface area contributed by atoms with Crippen LogP contribution in [0.15, 0.2) is 24.4 Å². The van der Waals surface area contributed by atoms with Crippen molar-refractivity contribution in [3.63, 3.8) is 0 Å². The van der Waals surface area contributed by atoms with E-state index in [-0.39, 0.29) is 24.9 Å². The molecule has 2 aromatic rings. The number of carbonyl (C=O) groups excluding carboxylic acids is 2. The fourth-order valence-corrected chi connectivity index (χ4v) is 2.62. The number of hydrogen-bond acceptors (Lipinski definition) is 6. The van der Waals surface area contributed by atoms with Crippen LogP contribution in [0, 0.1) is 6.92 Å². The number of benzene rings is 1. The molecule has 0 bridgehead atoms. The predicted molar refractivity (Wildman–Crippen MR) is 104 cm³/mol. The number of hydrogen-bond donors (Lipinski definition) is 2. The molecule has 0 saturated heterocycles. The molecule has 0 fully saturated rings. The van der Waals surface area contributed by atoms with Crippen LogP contribution >= 0.6 is 0 Å². The molecule has 0 radical (unpaired) electrons. The smallest absolute Gasteiger partial charge is 0.412 e. The molecule has 2 amide bonds. The summed E-state index contributed by atoms with van der Waals surface area (Å²) in [5, 5.41) is 12.9. The first-order valence-electron chi connectivity index (χ1n) is 8.96. The van der Waals surface area contributed by atoms with E-state index in [9.17, 15) is 9.59 Å². The van der Waals surface area contributed by atoms with Crippen LogP contribution in [0.5, 0.6) is 0 Å². The molecule has 9 heteroatoms. The maximum absolute atomic E-state index is 12.3. The summed E-state index contributed by atoms with van der Waals surface area (Å²) < 4.78 is 6.10. The lowest BCUT2D eigenvalue weighted by Gasteiger charge is -2.22. The summed E-state index contributed by atoms with van der Waals surface area (Å²) in [7, 11) is 0. The maximum Gasteiger partial charge on any atom is 0.412 e. The highest BCUT2D eigenvalue weighted by Gasteiger charge is 2.11. The second kappa shape index (κ2) is 9.56. The summed E-state index contributed by atoms with van der Waals surface area (Å²) in [5.41, 5.74) is 2.86. The van der Waals surface area contributed by atoms with E-state index in [4.69, 9.17) is 4.74 Å². The molecular formula is C18H26N6O3. The van der Waals surface area contributed by atoms with E-state index in [0.29, 0.717) is 0 Å². The van der Waals surface area contributed by atoms with Crippen LogP contribution in [0.1, 0.15) is 26.3 Å². The third kappa shape index (κ3) is 5.70. The highest BCUT2D eigenvalue weighted by molar-refractivity contribution is 5.91. The molecule has 1 aromatic heterocycles. The summed E-state index contributed by atoms with van der Waals surface area (Å²) in [4.78, 5) is 25.9. The van der Waals surface area contributed by atoms with E-state index < -0.39 is 6.09 Å². The van der Waals surface area contributed by atoms with Crippen molar-refractivity contribution in [1.82, 2.24) is 15.0 Å². The van der Waals surface area contributed by atoms with E-state index in [1.165, 1.54) is 10.9 Å². The van der Waals surface area contributed by atoms with Crippen molar-refractivity contribution in [2.75, 3.05) is 35.2 Å². The normalized spacial score (nSPS) is 10.4. The zero-order chi connectivity index (χ0) is 19.8. The zero-order valence-corrected chi connectivity index (χ0v) is 16.2. The quantitative estimate of drug-likeness (QED) is 0.737. The average Bonchev–Trinajstić information content (AvgIpc) is 3.05. The van der Waals surface area contributed by atoms with Crippen molar-refractivity contribution < 1.29 is 14.3 Å². The number of nitrogens with zero attached hydrogens (tertiary/aromatic N) is 4. The van der Waals surface area contributed by atoms with Gasteiger partial charge < -0.3 is 15.0 Å². The Morgan fingerprint density at radius 2 is 1.93 bits per heavy atom. The molecule has 9 nitrogen and oxygen atoms in total. The molecule has 0 spiro atoms. The molecule has 0 atom stereocenters. The molecule has 2 rings (SSSR count). The first kappa shape index (κ1) is 20.2. The number of carbonyl (C=O) groups is 2. The highest BCUT2D eigenvalue weighted by atomic mass is 16.5. The maximum atomic E-state index is 12.3. The number of anilines is 3. The van der Waals surface area contributed by atoms with Crippen molar-refractivity contribution in [2.45, 2.75) is 34.2 Å². The molecule has 0 saturated carbocycles. The summed E-state index contributed by atoms with van der Waals surface area (Å²) in [6.45, 7) is 9.97. The van der Waals surface area contributed by atoms with E-state index in [2.05, 4.69) is 45.8 Å². The Balaban J connectivity index is 1.96. The minimum absolute atomic E-state index is 0.0191. The number of nitrogens with one attached hydrogen (secondary N) is 2. The van der Waals surface area contributed by atoms with Gasteiger partial charge in [0.2, 0.25) is 5.91 Å². The second-order valence-electron chi connectivity index (χ2n) is 5.87. The standard InChI is InChI=1S/C18H26N6O3/c1-5-23(6-2)14-8-9-15(13(4)10-14)19-17(25)12-24-11-16(21-22-24)20-18(26)27-7-3/h8-11H,5-7,12H2,1-4H3,(H,19,25)(H,20,26). The van der Waals surface area contributed by atoms with Gasteiger partial charge in [-0.05, 0) is 51.5 Å². The van der Waals surface area contributed by atoms with Gasteiger partial charge in [0.1, 0.15) is 6.54 Å². The van der Waals surface area contributed by atoms with Gasteiger partial charge in [-0.25, -0.2) is 9.48 Å². The highest BCUT2D eigenvalue weighted by Crippen LogP contribution is 2.22. The number of ether oxygens (including phenoxy) is 1. The first-order chi connectivity index (χ1) is 13.0. The zero-order valence-electron chi connectivity index (χ0n) is 16.2. The van der Waals surface area contributed by atoms with Gasteiger partial charge in [0.15, 0.2) is 5.82 Å². The van der Waals surface area contributed by atoms with Crippen LogP contribution in [-0.2, 0) is 16.1 Å². The number of aryl methyl sites for hydroxylation is 1. The topological polar surface area (TPSA) is 101 Å². The largest absolute Gasteiger partial charge is 0.450 e. The van der Waals surface area contributed by atoms with Crippen molar-refractivity contribution in [3.05, 3.63) is 30.0 Å².